The monoisotopic (exact) mass is 321 g/mol. The van der Waals surface area contributed by atoms with E-state index in [0.29, 0.717) is 11.1 Å². The lowest BCUT2D eigenvalue weighted by Gasteiger charge is -2.09. The summed E-state index contributed by atoms with van der Waals surface area (Å²) in [6.07, 6.45) is 0.202. The van der Waals surface area contributed by atoms with Crippen molar-refractivity contribution in [3.63, 3.8) is 0 Å². The fourth-order valence-electron chi connectivity index (χ4n) is 1.99. The van der Waals surface area contributed by atoms with Gasteiger partial charge >= 0.3 is 0 Å². The quantitative estimate of drug-likeness (QED) is 0.726. The van der Waals surface area contributed by atoms with Gasteiger partial charge in [-0.25, -0.2) is 0 Å². The van der Waals surface area contributed by atoms with Gasteiger partial charge in [0.15, 0.2) is 0 Å². The molecule has 0 bridgehead atoms. The number of phenols is 1. The first kappa shape index (κ1) is 16.0. The summed E-state index contributed by atoms with van der Waals surface area (Å²) in [5.41, 5.74) is 0.817. The zero-order valence-corrected chi connectivity index (χ0v) is 12.4. The number of aromatic hydroxyl groups is 1. The third-order valence-corrected chi connectivity index (χ3v) is 3.98. The highest BCUT2D eigenvalue weighted by Gasteiger charge is 2.16. The molecule has 2 rings (SSSR count). The Labute approximate surface area is 128 Å². The summed E-state index contributed by atoms with van der Waals surface area (Å²) in [5.74, 6) is -0.530. The Morgan fingerprint density at radius 2 is 1.77 bits per heavy atom. The Hall–Kier alpha value is -2.38. The second-order valence-corrected chi connectivity index (χ2v) is 6.03. The average Bonchev–Trinajstić information content (AvgIpc) is 2.48. The lowest BCUT2D eigenvalue weighted by molar-refractivity contribution is 0.0954. The van der Waals surface area contributed by atoms with Crippen molar-refractivity contribution < 1.29 is 22.9 Å². The van der Waals surface area contributed by atoms with E-state index in [1.165, 1.54) is 12.1 Å². The summed E-state index contributed by atoms with van der Waals surface area (Å²) in [6, 6.07) is 12.3. The summed E-state index contributed by atoms with van der Waals surface area (Å²) >= 11 is 0. The van der Waals surface area contributed by atoms with E-state index in [0.717, 1.165) is 6.07 Å². The van der Waals surface area contributed by atoms with Crippen molar-refractivity contribution in [3.05, 3.63) is 59.7 Å². The molecule has 0 aliphatic carbocycles. The van der Waals surface area contributed by atoms with Gasteiger partial charge in [-0.15, -0.1) is 0 Å². The molecule has 0 spiro atoms. The van der Waals surface area contributed by atoms with Crippen LogP contribution in [-0.4, -0.2) is 30.5 Å². The molecule has 0 fully saturated rings. The topological polar surface area (TPSA) is 104 Å². The number of benzene rings is 2. The molecule has 0 atom stereocenters. The first-order chi connectivity index (χ1) is 10.4. The summed E-state index contributed by atoms with van der Waals surface area (Å²) < 4.78 is 31.7. The van der Waals surface area contributed by atoms with E-state index in [1.807, 2.05) is 0 Å². The maximum atomic E-state index is 11.9. The predicted octanol–water partition coefficient (Wildman–Crippen LogP) is 1.61. The third kappa shape index (κ3) is 4.06. The van der Waals surface area contributed by atoms with E-state index in [4.69, 9.17) is 4.55 Å². The van der Waals surface area contributed by atoms with Crippen LogP contribution in [0.3, 0.4) is 0 Å². The van der Waals surface area contributed by atoms with Crippen molar-refractivity contribution in [1.82, 2.24) is 5.32 Å². The van der Waals surface area contributed by atoms with E-state index >= 15 is 0 Å². The van der Waals surface area contributed by atoms with Crippen LogP contribution in [0.1, 0.15) is 15.9 Å². The van der Waals surface area contributed by atoms with E-state index in [2.05, 4.69) is 5.32 Å². The maximum absolute atomic E-state index is 11.9. The van der Waals surface area contributed by atoms with E-state index < -0.39 is 10.1 Å². The van der Waals surface area contributed by atoms with Crippen LogP contribution >= 0.6 is 0 Å². The highest BCUT2D eigenvalue weighted by molar-refractivity contribution is 7.85. The number of phenolic OH excluding ortho intramolecular Hbond substituents is 1. The molecule has 0 heterocycles. The van der Waals surface area contributed by atoms with Crippen molar-refractivity contribution in [2.45, 2.75) is 11.3 Å². The SMILES string of the molecule is O=C(NCCc1ccc(O)cc1S(=O)(=O)O)c1ccccc1. The Balaban J connectivity index is 2.05. The second kappa shape index (κ2) is 6.59. The van der Waals surface area contributed by atoms with Gasteiger partial charge in [-0.3, -0.25) is 9.35 Å². The highest BCUT2D eigenvalue weighted by Crippen LogP contribution is 2.21. The van der Waals surface area contributed by atoms with Crippen LogP contribution in [0.25, 0.3) is 0 Å². The van der Waals surface area contributed by atoms with E-state index in [-0.39, 0.29) is 29.5 Å². The smallest absolute Gasteiger partial charge is 0.294 e. The molecule has 116 valence electrons. The molecule has 0 unspecified atom stereocenters. The predicted molar refractivity (Wildman–Crippen MR) is 80.4 cm³/mol. The molecular weight excluding hydrogens is 306 g/mol. The van der Waals surface area contributed by atoms with Crippen LogP contribution in [0.15, 0.2) is 53.4 Å². The second-order valence-electron chi connectivity index (χ2n) is 4.64. The Morgan fingerprint density at radius 3 is 2.41 bits per heavy atom. The molecule has 0 saturated heterocycles. The van der Waals surface area contributed by atoms with Crippen molar-refractivity contribution in [2.75, 3.05) is 6.54 Å². The Bertz CT molecular complexity index is 772. The lowest BCUT2D eigenvalue weighted by Crippen LogP contribution is -2.26. The lowest BCUT2D eigenvalue weighted by atomic mass is 10.1. The number of amides is 1. The molecule has 7 heteroatoms. The highest BCUT2D eigenvalue weighted by atomic mass is 32.2. The number of rotatable bonds is 5. The zero-order valence-electron chi connectivity index (χ0n) is 11.6. The van der Waals surface area contributed by atoms with Gasteiger partial charge in [-0.05, 0) is 30.2 Å². The fraction of sp³-hybridized carbons (Fsp3) is 0.133. The van der Waals surface area contributed by atoms with Gasteiger partial charge in [0, 0.05) is 18.2 Å². The molecule has 6 nitrogen and oxygen atoms in total. The number of hydrogen-bond acceptors (Lipinski definition) is 4. The van der Waals surface area contributed by atoms with Crippen LogP contribution in [-0.2, 0) is 16.5 Å². The van der Waals surface area contributed by atoms with Crippen molar-refractivity contribution in [1.29, 1.82) is 0 Å². The number of carbonyl (C=O) groups is 1. The van der Waals surface area contributed by atoms with Gasteiger partial charge in [0.05, 0.1) is 0 Å². The molecule has 0 aliphatic heterocycles. The van der Waals surface area contributed by atoms with Crippen LogP contribution in [0.2, 0.25) is 0 Å². The van der Waals surface area contributed by atoms with Crippen molar-refractivity contribution >= 4 is 16.0 Å². The molecule has 0 aromatic heterocycles. The summed E-state index contributed by atoms with van der Waals surface area (Å²) in [5, 5.41) is 12.0. The molecule has 3 N–H and O–H groups in total. The molecule has 1 amide bonds. The van der Waals surface area contributed by atoms with Gasteiger partial charge in [-0.2, -0.15) is 8.42 Å². The summed E-state index contributed by atoms with van der Waals surface area (Å²) in [6.45, 7) is 0.195. The van der Waals surface area contributed by atoms with Crippen LogP contribution in [0, 0.1) is 0 Å². The van der Waals surface area contributed by atoms with Crippen LogP contribution in [0.4, 0.5) is 0 Å². The molecule has 2 aromatic rings. The van der Waals surface area contributed by atoms with Gasteiger partial charge in [0.1, 0.15) is 10.6 Å². The van der Waals surface area contributed by atoms with Crippen molar-refractivity contribution in [3.8, 4) is 5.75 Å². The Kier molecular flexibility index (Phi) is 4.79. The van der Waals surface area contributed by atoms with Gasteiger partial charge in [0.25, 0.3) is 16.0 Å². The largest absolute Gasteiger partial charge is 0.508 e. The van der Waals surface area contributed by atoms with Gasteiger partial charge in [-0.1, -0.05) is 24.3 Å². The van der Waals surface area contributed by atoms with Gasteiger partial charge < -0.3 is 10.4 Å². The zero-order chi connectivity index (χ0) is 16.2. The molecule has 22 heavy (non-hydrogen) atoms. The summed E-state index contributed by atoms with van der Waals surface area (Å²) in [4.78, 5) is 11.5. The minimum absolute atomic E-state index is 0.195. The molecule has 0 radical (unpaired) electrons. The summed E-state index contributed by atoms with van der Waals surface area (Å²) in [7, 11) is -4.43. The minimum atomic E-state index is -4.43. The number of carbonyl (C=O) groups excluding carboxylic acids is 1. The first-order valence-electron chi connectivity index (χ1n) is 6.50. The minimum Gasteiger partial charge on any atom is -0.508 e. The van der Waals surface area contributed by atoms with E-state index in [9.17, 15) is 18.3 Å². The fourth-order valence-corrected chi connectivity index (χ4v) is 2.76. The van der Waals surface area contributed by atoms with E-state index in [1.54, 1.807) is 30.3 Å². The standard InChI is InChI=1S/C15H15NO5S/c17-13-7-6-11(14(10-13)22(19,20)21)8-9-16-15(18)12-4-2-1-3-5-12/h1-7,10,17H,8-9H2,(H,16,18)(H,19,20,21). The van der Waals surface area contributed by atoms with Crippen LogP contribution < -0.4 is 5.32 Å². The third-order valence-electron chi connectivity index (χ3n) is 3.04. The average molecular weight is 321 g/mol. The normalized spacial score (nSPS) is 11.1. The molecule has 0 aliphatic rings. The van der Waals surface area contributed by atoms with Crippen LogP contribution in [0.5, 0.6) is 5.75 Å². The molecule has 0 saturated carbocycles. The first-order valence-corrected chi connectivity index (χ1v) is 7.94. The maximum Gasteiger partial charge on any atom is 0.294 e. The number of hydrogen-bond donors (Lipinski definition) is 3. The number of nitrogens with one attached hydrogen (secondary N) is 1. The molecule has 2 aromatic carbocycles. The van der Waals surface area contributed by atoms with Crippen molar-refractivity contribution in [2.24, 2.45) is 0 Å². The van der Waals surface area contributed by atoms with Gasteiger partial charge in [0.2, 0.25) is 0 Å². The molecular formula is C15H15NO5S. The Morgan fingerprint density at radius 1 is 1.09 bits per heavy atom.